The van der Waals surface area contributed by atoms with Gasteiger partial charge in [-0.15, -0.1) is 0 Å². The number of hydrogen-bond donors (Lipinski definition) is 1. The van der Waals surface area contributed by atoms with Crippen LogP contribution in [0, 0.1) is 34.6 Å². The normalized spacial score (nSPS) is 12.7. The number of benzene rings is 2. The molecule has 0 aliphatic heterocycles. The largest absolute Gasteiger partial charge is 0.497 e. The number of rotatable bonds is 6. The molecule has 0 saturated heterocycles. The molecule has 2 aromatic rings. The van der Waals surface area contributed by atoms with E-state index in [1.165, 1.54) is 0 Å². The van der Waals surface area contributed by atoms with Gasteiger partial charge in [-0.2, -0.15) is 0 Å². The van der Waals surface area contributed by atoms with E-state index in [0.29, 0.717) is 16.4 Å². The molecule has 0 amide bonds. The molecule has 0 spiro atoms. The van der Waals surface area contributed by atoms with Gasteiger partial charge in [-0.25, -0.2) is 13.1 Å². The summed E-state index contributed by atoms with van der Waals surface area (Å²) in [6.07, 6.45) is 0. The highest BCUT2D eigenvalue weighted by molar-refractivity contribution is 7.89. The van der Waals surface area contributed by atoms with E-state index in [0.717, 1.165) is 33.4 Å². The summed E-state index contributed by atoms with van der Waals surface area (Å²) < 4.78 is 40.0. The van der Waals surface area contributed by atoms with Gasteiger partial charge in [0, 0.05) is 11.6 Å². The van der Waals surface area contributed by atoms with Crippen molar-refractivity contribution in [2.24, 2.45) is 0 Å². The van der Waals surface area contributed by atoms with Gasteiger partial charge >= 0.3 is 0 Å². The molecule has 0 aromatic heterocycles. The molecule has 27 heavy (non-hydrogen) atoms. The molecule has 2 rings (SSSR count). The monoisotopic (exact) mass is 391 g/mol. The van der Waals surface area contributed by atoms with Crippen molar-refractivity contribution in [1.29, 1.82) is 0 Å². The lowest BCUT2D eigenvalue weighted by Gasteiger charge is -2.22. The first-order valence-electron chi connectivity index (χ1n) is 8.86. The lowest BCUT2D eigenvalue weighted by molar-refractivity contribution is 0.395. The molecule has 5 nitrogen and oxygen atoms in total. The summed E-state index contributed by atoms with van der Waals surface area (Å²) >= 11 is 0. The third kappa shape index (κ3) is 3.96. The summed E-state index contributed by atoms with van der Waals surface area (Å²) in [6, 6.07) is 4.86. The van der Waals surface area contributed by atoms with Crippen LogP contribution in [0.1, 0.15) is 46.3 Å². The maximum atomic E-state index is 13.2. The van der Waals surface area contributed by atoms with Gasteiger partial charge in [-0.3, -0.25) is 0 Å². The fourth-order valence-corrected chi connectivity index (χ4v) is 5.22. The average Bonchev–Trinajstić information content (AvgIpc) is 2.63. The first kappa shape index (κ1) is 21.3. The van der Waals surface area contributed by atoms with E-state index in [1.807, 2.05) is 34.6 Å². The molecule has 148 valence electrons. The van der Waals surface area contributed by atoms with E-state index >= 15 is 0 Å². The number of ether oxygens (including phenoxy) is 2. The van der Waals surface area contributed by atoms with Gasteiger partial charge in [-0.1, -0.05) is 0 Å². The molecular formula is C21H29NO4S. The lowest BCUT2D eigenvalue weighted by atomic mass is 9.95. The topological polar surface area (TPSA) is 64.6 Å². The molecular weight excluding hydrogens is 362 g/mol. The third-order valence-corrected chi connectivity index (χ3v) is 7.25. The average molecular weight is 392 g/mol. The third-order valence-electron chi connectivity index (χ3n) is 5.44. The molecule has 0 heterocycles. The van der Waals surface area contributed by atoms with E-state index in [1.54, 1.807) is 39.3 Å². The Morgan fingerprint density at radius 2 is 1.37 bits per heavy atom. The van der Waals surface area contributed by atoms with E-state index < -0.39 is 16.1 Å². The fraction of sp³-hybridized carbons (Fsp3) is 0.429. The van der Waals surface area contributed by atoms with Crippen molar-refractivity contribution >= 4 is 10.0 Å². The van der Waals surface area contributed by atoms with E-state index in [4.69, 9.17) is 9.47 Å². The quantitative estimate of drug-likeness (QED) is 0.798. The second kappa shape index (κ2) is 7.90. The maximum absolute atomic E-state index is 13.2. The minimum Gasteiger partial charge on any atom is -0.497 e. The van der Waals surface area contributed by atoms with Gasteiger partial charge in [0.25, 0.3) is 0 Å². The molecule has 0 aliphatic carbocycles. The molecule has 0 saturated carbocycles. The molecule has 1 unspecified atom stereocenters. The molecule has 0 fully saturated rings. The number of sulfonamides is 1. The SMILES string of the molecule is COc1ccc(OC)c(C(C)NS(=O)(=O)c2c(C)c(C)c(C)c(C)c2C)c1. The van der Waals surface area contributed by atoms with Gasteiger partial charge in [0.1, 0.15) is 11.5 Å². The zero-order chi connectivity index (χ0) is 20.5. The van der Waals surface area contributed by atoms with Crippen LogP contribution < -0.4 is 14.2 Å². The van der Waals surface area contributed by atoms with Gasteiger partial charge < -0.3 is 9.47 Å². The second-order valence-corrected chi connectivity index (χ2v) is 8.56. The van der Waals surface area contributed by atoms with Gasteiger partial charge in [0.15, 0.2) is 0 Å². The van der Waals surface area contributed by atoms with Crippen LogP contribution in [0.25, 0.3) is 0 Å². The highest BCUT2D eigenvalue weighted by Gasteiger charge is 2.26. The van der Waals surface area contributed by atoms with E-state index in [2.05, 4.69) is 4.72 Å². The van der Waals surface area contributed by atoms with Crippen LogP contribution >= 0.6 is 0 Å². The van der Waals surface area contributed by atoms with Crippen LogP contribution in [-0.4, -0.2) is 22.6 Å². The summed E-state index contributed by atoms with van der Waals surface area (Å²) in [7, 11) is -0.584. The van der Waals surface area contributed by atoms with Crippen LogP contribution in [0.2, 0.25) is 0 Å². The highest BCUT2D eigenvalue weighted by atomic mass is 32.2. The minimum absolute atomic E-state index is 0.358. The predicted molar refractivity (Wildman–Crippen MR) is 108 cm³/mol. The summed E-state index contributed by atoms with van der Waals surface area (Å²) in [5, 5.41) is 0. The van der Waals surface area contributed by atoms with Crippen molar-refractivity contribution in [2.45, 2.75) is 52.5 Å². The molecule has 6 heteroatoms. The van der Waals surface area contributed by atoms with Crippen molar-refractivity contribution in [3.8, 4) is 11.5 Å². The van der Waals surface area contributed by atoms with Gasteiger partial charge in [0.2, 0.25) is 10.0 Å². The van der Waals surface area contributed by atoms with Crippen molar-refractivity contribution in [3.05, 3.63) is 51.6 Å². The van der Waals surface area contributed by atoms with E-state index in [-0.39, 0.29) is 0 Å². The Hall–Kier alpha value is -2.05. The van der Waals surface area contributed by atoms with Crippen molar-refractivity contribution in [3.63, 3.8) is 0 Å². The Bertz CT molecular complexity index is 936. The van der Waals surface area contributed by atoms with Crippen molar-refractivity contribution < 1.29 is 17.9 Å². The number of methoxy groups -OCH3 is 2. The van der Waals surface area contributed by atoms with E-state index in [9.17, 15) is 8.42 Å². The summed E-state index contributed by atoms with van der Waals surface area (Å²) in [6.45, 7) is 11.5. The molecule has 2 aromatic carbocycles. The summed E-state index contributed by atoms with van der Waals surface area (Å²) in [5.41, 5.74) is 5.43. The predicted octanol–water partition coefficient (Wildman–Crippen LogP) is 4.29. The maximum Gasteiger partial charge on any atom is 0.241 e. The molecule has 1 N–H and O–H groups in total. The van der Waals surface area contributed by atoms with Crippen LogP contribution in [-0.2, 0) is 10.0 Å². The smallest absolute Gasteiger partial charge is 0.241 e. The van der Waals surface area contributed by atoms with Crippen molar-refractivity contribution in [2.75, 3.05) is 14.2 Å². The second-order valence-electron chi connectivity index (χ2n) is 6.90. The molecule has 1 atom stereocenters. The zero-order valence-corrected chi connectivity index (χ0v) is 18.2. The van der Waals surface area contributed by atoms with Gasteiger partial charge in [0.05, 0.1) is 19.1 Å². The Labute approximate surface area is 162 Å². The fourth-order valence-electron chi connectivity index (χ4n) is 3.40. The zero-order valence-electron chi connectivity index (χ0n) is 17.4. The Balaban J connectivity index is 2.52. The highest BCUT2D eigenvalue weighted by Crippen LogP contribution is 2.33. The first-order chi connectivity index (χ1) is 12.5. The molecule has 0 bridgehead atoms. The Kier molecular flexibility index (Phi) is 6.22. The van der Waals surface area contributed by atoms with Crippen LogP contribution in [0.5, 0.6) is 11.5 Å². The van der Waals surface area contributed by atoms with Crippen LogP contribution in [0.3, 0.4) is 0 Å². The molecule has 0 aliphatic rings. The van der Waals surface area contributed by atoms with Crippen LogP contribution in [0.15, 0.2) is 23.1 Å². The number of hydrogen-bond acceptors (Lipinski definition) is 4. The molecule has 0 radical (unpaired) electrons. The number of nitrogens with one attached hydrogen (secondary N) is 1. The first-order valence-corrected chi connectivity index (χ1v) is 10.3. The van der Waals surface area contributed by atoms with Crippen molar-refractivity contribution in [1.82, 2.24) is 4.72 Å². The standard InChI is InChI=1S/C21H29NO4S/c1-12-13(2)15(4)21(16(5)14(12)3)27(23,24)22-17(6)19-11-18(25-7)9-10-20(19)26-8/h9-11,17,22H,1-8H3. The van der Waals surface area contributed by atoms with Crippen LogP contribution in [0.4, 0.5) is 0 Å². The summed E-state index contributed by atoms with van der Waals surface area (Å²) in [4.78, 5) is 0.358. The Morgan fingerprint density at radius 3 is 1.85 bits per heavy atom. The van der Waals surface area contributed by atoms with Gasteiger partial charge in [-0.05, 0) is 87.6 Å². The lowest BCUT2D eigenvalue weighted by Crippen LogP contribution is -2.29. The minimum atomic E-state index is -3.72. The Morgan fingerprint density at radius 1 is 0.852 bits per heavy atom. The summed E-state index contributed by atoms with van der Waals surface area (Å²) in [5.74, 6) is 1.25.